The van der Waals surface area contributed by atoms with E-state index in [2.05, 4.69) is 0 Å². The second-order valence-corrected chi connectivity index (χ2v) is 4.03. The lowest BCUT2D eigenvalue weighted by Gasteiger charge is -2.39. The largest absolute Gasteiger partial charge is 0.477 e. The molecule has 0 spiro atoms. The standard InChI is InChI=1S/C8HF13O3/c9-1(22)3(10,11)5(14,15)7(18,19)8(20,21)6(16,17)4(12,13)2(23)24/h(H,23,24). The second-order valence-electron chi connectivity index (χ2n) is 4.03. The van der Waals surface area contributed by atoms with E-state index >= 15 is 0 Å². The lowest BCUT2D eigenvalue weighted by Crippen LogP contribution is -2.72. The smallest absolute Gasteiger partial charge is 0.410 e. The zero-order valence-electron chi connectivity index (χ0n) is 10.2. The van der Waals surface area contributed by atoms with E-state index in [1.165, 1.54) is 0 Å². The Kier molecular flexibility index (Phi) is 4.97. The molecule has 3 nitrogen and oxygen atoms in total. The molecule has 0 unspecified atom stereocenters. The number of rotatable bonds is 7. The van der Waals surface area contributed by atoms with Crippen LogP contribution in [0.15, 0.2) is 0 Å². The van der Waals surface area contributed by atoms with Crippen LogP contribution in [0.4, 0.5) is 57.1 Å². The SMILES string of the molecule is O=C(O)C(F)(F)C(F)(F)C(F)(F)C(F)(F)C(F)(F)C(F)(F)C(=O)F. The molecule has 142 valence electrons. The normalized spacial score (nSPS) is 15.4. The summed E-state index contributed by atoms with van der Waals surface area (Å²) in [5, 5.41) is 7.60. The maximum atomic E-state index is 12.8. The van der Waals surface area contributed by atoms with Crippen LogP contribution in [-0.4, -0.2) is 52.6 Å². The van der Waals surface area contributed by atoms with Gasteiger partial charge < -0.3 is 5.11 Å². The van der Waals surface area contributed by atoms with Crippen molar-refractivity contribution >= 4 is 12.0 Å². The summed E-state index contributed by atoms with van der Waals surface area (Å²) in [6.45, 7) is 0. The first-order chi connectivity index (χ1) is 10.1. The summed E-state index contributed by atoms with van der Waals surface area (Å²) in [5.74, 6) is -50.8. The van der Waals surface area contributed by atoms with E-state index in [0.717, 1.165) is 0 Å². The Labute approximate surface area is 121 Å². The number of hydrogen-bond acceptors (Lipinski definition) is 2. The Hall–Kier alpha value is -1.77. The summed E-state index contributed by atoms with van der Waals surface area (Å²) in [4.78, 5) is 19.3. The molecule has 0 radical (unpaired) electrons. The first kappa shape index (κ1) is 22.2. The Bertz CT molecular complexity index is 489. The van der Waals surface area contributed by atoms with Crippen molar-refractivity contribution in [3.8, 4) is 0 Å². The molecule has 0 aromatic carbocycles. The minimum Gasteiger partial charge on any atom is -0.477 e. The molecular weight excluding hydrogens is 391 g/mol. The number of aliphatic carboxylic acids is 1. The fourth-order valence-corrected chi connectivity index (χ4v) is 1.05. The molecule has 0 aromatic heterocycles. The molecule has 0 aliphatic carbocycles. The summed E-state index contributed by atoms with van der Waals surface area (Å²) >= 11 is 0. The van der Waals surface area contributed by atoms with Crippen molar-refractivity contribution in [1.29, 1.82) is 0 Å². The molecule has 0 saturated carbocycles. The lowest BCUT2D eigenvalue weighted by molar-refractivity contribution is -0.416. The van der Waals surface area contributed by atoms with E-state index in [1.54, 1.807) is 0 Å². The van der Waals surface area contributed by atoms with Crippen molar-refractivity contribution in [2.45, 2.75) is 35.5 Å². The number of halogens is 13. The van der Waals surface area contributed by atoms with Crippen molar-refractivity contribution in [2.24, 2.45) is 0 Å². The topological polar surface area (TPSA) is 54.4 Å². The monoisotopic (exact) mass is 392 g/mol. The van der Waals surface area contributed by atoms with E-state index < -0.39 is 47.5 Å². The second kappa shape index (κ2) is 5.37. The summed E-state index contributed by atoms with van der Waals surface area (Å²) in [5.41, 5.74) is 0. The molecule has 0 aromatic rings. The summed E-state index contributed by atoms with van der Waals surface area (Å²) in [6, 6.07) is -4.67. The minimum absolute atomic E-state index is 4.19. The van der Waals surface area contributed by atoms with Gasteiger partial charge in [0.15, 0.2) is 0 Å². The molecule has 0 atom stereocenters. The molecule has 24 heavy (non-hydrogen) atoms. The van der Waals surface area contributed by atoms with Crippen LogP contribution in [0, 0.1) is 0 Å². The van der Waals surface area contributed by atoms with Crippen LogP contribution in [-0.2, 0) is 9.59 Å². The molecule has 0 aliphatic heterocycles. The quantitative estimate of drug-likeness (QED) is 0.534. The highest BCUT2D eigenvalue weighted by atomic mass is 19.4. The molecule has 0 saturated heterocycles. The third-order valence-corrected chi connectivity index (χ3v) is 2.49. The van der Waals surface area contributed by atoms with Crippen molar-refractivity contribution in [3.05, 3.63) is 0 Å². The number of carbonyl (C=O) groups is 2. The predicted octanol–water partition coefficient (Wildman–Crippen LogP) is 3.38. The molecule has 16 heteroatoms. The molecule has 1 N–H and O–H groups in total. The van der Waals surface area contributed by atoms with Crippen molar-refractivity contribution in [1.82, 2.24) is 0 Å². The van der Waals surface area contributed by atoms with Gasteiger partial charge in [0, 0.05) is 0 Å². The maximum Gasteiger partial charge on any atom is 0.410 e. The van der Waals surface area contributed by atoms with Gasteiger partial charge in [-0.1, -0.05) is 0 Å². The Balaban J connectivity index is 6.48. The van der Waals surface area contributed by atoms with E-state index in [0.29, 0.717) is 0 Å². The van der Waals surface area contributed by atoms with Gasteiger partial charge in [-0.05, 0) is 0 Å². The number of hydrogen-bond donors (Lipinski definition) is 1. The number of carbonyl (C=O) groups excluding carboxylic acids is 1. The fraction of sp³-hybridized carbons (Fsp3) is 0.750. The van der Waals surface area contributed by atoms with Gasteiger partial charge in [-0.15, -0.1) is 0 Å². The molecule has 0 fully saturated rings. The Morgan fingerprint density at radius 1 is 0.542 bits per heavy atom. The highest BCUT2D eigenvalue weighted by Gasteiger charge is 2.92. The van der Waals surface area contributed by atoms with Crippen LogP contribution in [0.3, 0.4) is 0 Å². The zero-order valence-corrected chi connectivity index (χ0v) is 10.2. The third-order valence-electron chi connectivity index (χ3n) is 2.49. The number of carboxylic acid groups (broad SMARTS) is 1. The average Bonchev–Trinajstić information content (AvgIpc) is 2.36. The molecular formula is C8HF13O3. The van der Waals surface area contributed by atoms with E-state index in [4.69, 9.17) is 5.11 Å². The first-order valence-corrected chi connectivity index (χ1v) is 4.84. The van der Waals surface area contributed by atoms with E-state index in [-0.39, 0.29) is 0 Å². The fourth-order valence-electron chi connectivity index (χ4n) is 1.05. The number of alkyl halides is 12. The van der Waals surface area contributed by atoms with Crippen molar-refractivity contribution in [3.63, 3.8) is 0 Å². The Morgan fingerprint density at radius 3 is 1.00 bits per heavy atom. The summed E-state index contributed by atoms with van der Waals surface area (Å²) in [6.07, 6.45) is 0. The lowest BCUT2D eigenvalue weighted by atomic mass is 9.91. The van der Waals surface area contributed by atoms with E-state index in [1.807, 2.05) is 0 Å². The van der Waals surface area contributed by atoms with Crippen molar-refractivity contribution < 1.29 is 71.8 Å². The van der Waals surface area contributed by atoms with Crippen LogP contribution < -0.4 is 0 Å². The molecule has 0 bridgehead atoms. The van der Waals surface area contributed by atoms with Crippen LogP contribution in [0.25, 0.3) is 0 Å². The van der Waals surface area contributed by atoms with Gasteiger partial charge in [0.05, 0.1) is 0 Å². The molecule has 0 heterocycles. The van der Waals surface area contributed by atoms with Gasteiger partial charge >= 0.3 is 47.5 Å². The van der Waals surface area contributed by atoms with Gasteiger partial charge in [-0.2, -0.15) is 57.1 Å². The minimum atomic E-state index is -8.19. The van der Waals surface area contributed by atoms with E-state index in [9.17, 15) is 66.7 Å². The van der Waals surface area contributed by atoms with Gasteiger partial charge in [-0.3, -0.25) is 4.79 Å². The Morgan fingerprint density at radius 2 is 0.792 bits per heavy atom. The van der Waals surface area contributed by atoms with Gasteiger partial charge in [0.25, 0.3) is 0 Å². The summed E-state index contributed by atoms with van der Waals surface area (Å²) < 4.78 is 163. The third kappa shape index (κ3) is 2.45. The maximum absolute atomic E-state index is 12.8. The predicted molar refractivity (Wildman–Crippen MR) is 43.4 cm³/mol. The zero-order chi connectivity index (χ0) is 20.2. The van der Waals surface area contributed by atoms with Gasteiger partial charge in [0.2, 0.25) is 0 Å². The van der Waals surface area contributed by atoms with Crippen LogP contribution in [0.5, 0.6) is 0 Å². The van der Waals surface area contributed by atoms with Crippen molar-refractivity contribution in [2.75, 3.05) is 0 Å². The highest BCUT2D eigenvalue weighted by Crippen LogP contribution is 2.60. The van der Waals surface area contributed by atoms with Gasteiger partial charge in [0.1, 0.15) is 0 Å². The first-order valence-electron chi connectivity index (χ1n) is 4.84. The highest BCUT2D eigenvalue weighted by molar-refractivity contribution is 5.78. The molecule has 0 amide bonds. The molecule has 0 rings (SSSR count). The summed E-state index contributed by atoms with van der Waals surface area (Å²) in [7, 11) is 0. The average molecular weight is 392 g/mol. The van der Waals surface area contributed by atoms with Crippen LogP contribution >= 0.6 is 0 Å². The van der Waals surface area contributed by atoms with Crippen LogP contribution in [0.2, 0.25) is 0 Å². The van der Waals surface area contributed by atoms with Gasteiger partial charge in [-0.25, -0.2) is 4.79 Å². The molecule has 0 aliphatic rings. The van der Waals surface area contributed by atoms with Crippen LogP contribution in [0.1, 0.15) is 0 Å². The number of carboxylic acids is 1.